The van der Waals surface area contributed by atoms with Gasteiger partial charge in [0.05, 0.1) is 12.8 Å². The Labute approximate surface area is 52.5 Å². The third-order valence-electron chi connectivity index (χ3n) is 1.02. The van der Waals surface area contributed by atoms with Crippen molar-refractivity contribution in [1.82, 2.24) is 5.32 Å². The molecule has 0 amide bonds. The van der Waals surface area contributed by atoms with Crippen LogP contribution in [0.5, 0.6) is 0 Å². The van der Waals surface area contributed by atoms with Gasteiger partial charge >= 0.3 is 0 Å². The first-order valence-corrected chi connectivity index (χ1v) is 2.57. The van der Waals surface area contributed by atoms with Gasteiger partial charge in [0.2, 0.25) is 0 Å². The molecule has 4 heteroatoms. The summed E-state index contributed by atoms with van der Waals surface area (Å²) in [5.74, 6) is 0. The lowest BCUT2D eigenvalue weighted by molar-refractivity contribution is 0.0305. The van der Waals surface area contributed by atoms with Crippen molar-refractivity contribution < 1.29 is 10.2 Å². The van der Waals surface area contributed by atoms with Crippen LogP contribution in [-0.4, -0.2) is 28.8 Å². The van der Waals surface area contributed by atoms with Gasteiger partial charge in [0.25, 0.3) is 0 Å². The number of nitrogens with one attached hydrogen (secondary N) is 1. The normalized spacial score (nSPS) is 32.2. The van der Waals surface area contributed by atoms with Crippen LogP contribution in [-0.2, 0) is 0 Å². The summed E-state index contributed by atoms with van der Waals surface area (Å²) in [5.41, 5.74) is -1.35. The molecule has 0 fully saturated rings. The Morgan fingerprint density at radius 1 is 1.67 bits per heavy atom. The molecular weight excluding hydrogens is 120 g/mol. The third kappa shape index (κ3) is 1.28. The van der Waals surface area contributed by atoms with Crippen LogP contribution in [0.2, 0.25) is 0 Å². The topological polar surface area (TPSA) is 64.8 Å². The van der Waals surface area contributed by atoms with Crippen LogP contribution in [0.1, 0.15) is 0 Å². The van der Waals surface area contributed by atoms with Crippen molar-refractivity contribution in [3.63, 3.8) is 0 Å². The van der Waals surface area contributed by atoms with Gasteiger partial charge in [-0.1, -0.05) is 0 Å². The summed E-state index contributed by atoms with van der Waals surface area (Å²) in [7, 11) is 0. The van der Waals surface area contributed by atoms with Crippen molar-refractivity contribution >= 4 is 6.21 Å². The molecule has 0 spiro atoms. The zero-order valence-corrected chi connectivity index (χ0v) is 4.78. The van der Waals surface area contributed by atoms with E-state index in [1.54, 1.807) is 0 Å². The molecule has 0 saturated carbocycles. The highest BCUT2D eigenvalue weighted by Crippen LogP contribution is 1.98. The van der Waals surface area contributed by atoms with E-state index < -0.39 is 5.72 Å². The zero-order chi connectivity index (χ0) is 6.74. The molecular formula is C5H8N2O2. The summed E-state index contributed by atoms with van der Waals surface area (Å²) >= 11 is 0. The quantitative estimate of drug-likeness (QED) is 0.416. The molecule has 1 heterocycles. The van der Waals surface area contributed by atoms with Gasteiger partial charge in [0, 0.05) is 12.4 Å². The van der Waals surface area contributed by atoms with Crippen LogP contribution in [0.3, 0.4) is 0 Å². The van der Waals surface area contributed by atoms with Crippen LogP contribution >= 0.6 is 0 Å². The highest BCUT2D eigenvalue weighted by atomic mass is 16.3. The predicted molar refractivity (Wildman–Crippen MR) is 32.8 cm³/mol. The fourth-order valence-corrected chi connectivity index (χ4v) is 0.515. The molecule has 1 atom stereocenters. The van der Waals surface area contributed by atoms with E-state index in [-0.39, 0.29) is 6.61 Å². The maximum atomic E-state index is 9.12. The number of nitrogens with zero attached hydrogens (tertiary/aromatic N) is 1. The molecule has 50 valence electrons. The lowest BCUT2D eigenvalue weighted by atomic mass is 10.2. The first kappa shape index (κ1) is 6.25. The highest BCUT2D eigenvalue weighted by molar-refractivity contribution is 5.69. The van der Waals surface area contributed by atoms with E-state index in [2.05, 4.69) is 10.3 Å². The number of rotatable bonds is 1. The molecule has 3 N–H and O–H groups in total. The van der Waals surface area contributed by atoms with Crippen molar-refractivity contribution in [3.8, 4) is 0 Å². The van der Waals surface area contributed by atoms with E-state index in [0.717, 1.165) is 0 Å². The minimum atomic E-state index is -1.35. The standard InChI is InChI=1S/C5H8N2O2/c8-4-5(9)3-6-1-2-7-5/h1-3,7-9H,4H2. The van der Waals surface area contributed by atoms with E-state index in [0.29, 0.717) is 0 Å². The van der Waals surface area contributed by atoms with Crippen molar-refractivity contribution in [1.29, 1.82) is 0 Å². The Hall–Kier alpha value is -0.870. The van der Waals surface area contributed by atoms with Gasteiger partial charge in [0.15, 0.2) is 5.72 Å². The maximum Gasteiger partial charge on any atom is 0.195 e. The van der Waals surface area contributed by atoms with Crippen molar-refractivity contribution in [2.75, 3.05) is 6.61 Å². The predicted octanol–water partition coefficient (Wildman–Crippen LogP) is -1.19. The summed E-state index contributed by atoms with van der Waals surface area (Å²) in [4.78, 5) is 3.62. The molecule has 1 aliphatic rings. The second kappa shape index (κ2) is 2.16. The first-order valence-electron chi connectivity index (χ1n) is 2.57. The van der Waals surface area contributed by atoms with Gasteiger partial charge in [-0.2, -0.15) is 0 Å². The van der Waals surface area contributed by atoms with Crippen molar-refractivity contribution in [2.45, 2.75) is 5.72 Å². The molecule has 1 rings (SSSR count). The van der Waals surface area contributed by atoms with E-state index in [9.17, 15) is 0 Å². The van der Waals surface area contributed by atoms with E-state index in [1.165, 1.54) is 18.6 Å². The van der Waals surface area contributed by atoms with Gasteiger partial charge < -0.3 is 15.5 Å². The Morgan fingerprint density at radius 2 is 2.44 bits per heavy atom. The lowest BCUT2D eigenvalue weighted by Gasteiger charge is -2.22. The van der Waals surface area contributed by atoms with Crippen LogP contribution in [0.4, 0.5) is 0 Å². The first-order chi connectivity index (χ1) is 4.27. The summed E-state index contributed by atoms with van der Waals surface area (Å²) in [5, 5.41) is 20.2. The Morgan fingerprint density at radius 3 is 2.78 bits per heavy atom. The molecule has 0 bridgehead atoms. The smallest absolute Gasteiger partial charge is 0.195 e. The van der Waals surface area contributed by atoms with Crippen LogP contribution < -0.4 is 5.32 Å². The molecule has 0 aromatic rings. The molecule has 0 aromatic carbocycles. The molecule has 1 unspecified atom stereocenters. The number of aliphatic hydroxyl groups is 2. The molecule has 0 aromatic heterocycles. The minimum absolute atomic E-state index is 0.374. The average molecular weight is 128 g/mol. The Bertz CT molecular complexity index is 155. The van der Waals surface area contributed by atoms with Gasteiger partial charge in [-0.15, -0.1) is 0 Å². The van der Waals surface area contributed by atoms with Gasteiger partial charge in [-0.3, -0.25) is 4.99 Å². The summed E-state index contributed by atoms with van der Waals surface area (Å²) in [6.07, 6.45) is 4.20. The number of aliphatic imine (C=N–C) groups is 1. The second-order valence-corrected chi connectivity index (χ2v) is 1.82. The second-order valence-electron chi connectivity index (χ2n) is 1.82. The van der Waals surface area contributed by atoms with Crippen LogP contribution in [0.15, 0.2) is 17.4 Å². The summed E-state index contributed by atoms with van der Waals surface area (Å²) in [6.45, 7) is -0.374. The molecule has 0 saturated heterocycles. The van der Waals surface area contributed by atoms with Crippen LogP contribution in [0, 0.1) is 0 Å². The molecule has 0 aliphatic carbocycles. The van der Waals surface area contributed by atoms with Gasteiger partial charge in [-0.05, 0) is 0 Å². The molecule has 4 nitrogen and oxygen atoms in total. The van der Waals surface area contributed by atoms with Gasteiger partial charge in [-0.25, -0.2) is 0 Å². The fraction of sp³-hybridized carbons (Fsp3) is 0.400. The van der Waals surface area contributed by atoms with Crippen LogP contribution in [0.25, 0.3) is 0 Å². The molecule has 0 radical (unpaired) electrons. The van der Waals surface area contributed by atoms with E-state index >= 15 is 0 Å². The fourth-order valence-electron chi connectivity index (χ4n) is 0.515. The number of hydrogen-bond acceptors (Lipinski definition) is 4. The minimum Gasteiger partial charge on any atom is -0.391 e. The third-order valence-corrected chi connectivity index (χ3v) is 1.02. The number of hydrogen-bond donors (Lipinski definition) is 3. The largest absolute Gasteiger partial charge is 0.391 e. The van der Waals surface area contributed by atoms with E-state index in [1.807, 2.05) is 0 Å². The summed E-state index contributed by atoms with van der Waals surface area (Å²) in [6, 6.07) is 0. The van der Waals surface area contributed by atoms with Gasteiger partial charge in [0.1, 0.15) is 0 Å². The van der Waals surface area contributed by atoms with Crippen molar-refractivity contribution in [2.24, 2.45) is 4.99 Å². The SMILES string of the molecule is OCC1(O)C=NC=CN1. The average Bonchev–Trinajstić information content (AvgIpc) is 1.90. The van der Waals surface area contributed by atoms with Crippen molar-refractivity contribution in [3.05, 3.63) is 12.4 Å². The molecule has 9 heavy (non-hydrogen) atoms. The lowest BCUT2D eigenvalue weighted by Crippen LogP contribution is -2.48. The Balaban J connectivity index is 2.63. The number of aliphatic hydroxyl groups excluding tert-OH is 1. The van der Waals surface area contributed by atoms with E-state index in [4.69, 9.17) is 10.2 Å². The summed E-state index contributed by atoms with van der Waals surface area (Å²) < 4.78 is 0. The highest BCUT2D eigenvalue weighted by Gasteiger charge is 2.21. The maximum absolute atomic E-state index is 9.12. The monoisotopic (exact) mass is 128 g/mol. The zero-order valence-electron chi connectivity index (χ0n) is 4.78. The molecule has 1 aliphatic heterocycles. The Kier molecular flexibility index (Phi) is 1.50.